The van der Waals surface area contributed by atoms with Gasteiger partial charge in [-0.1, -0.05) is 48.5 Å². The molecule has 2 aromatic rings. The minimum atomic E-state index is -0.791. The van der Waals surface area contributed by atoms with Gasteiger partial charge in [0.05, 0.1) is 7.11 Å². The summed E-state index contributed by atoms with van der Waals surface area (Å²) in [6.07, 6.45) is -0.641. The number of likely N-dealkylation sites (N-methyl/N-ethyl adjacent to an activating group) is 1. The van der Waals surface area contributed by atoms with Crippen LogP contribution in [-0.4, -0.2) is 45.4 Å². The average Bonchev–Trinajstić information content (AvgIpc) is 2.99. The Morgan fingerprint density at radius 1 is 1.04 bits per heavy atom. The quantitative estimate of drug-likeness (QED) is 0.779. The lowest BCUT2D eigenvalue weighted by atomic mass is 9.98. The van der Waals surface area contributed by atoms with Gasteiger partial charge in [0.15, 0.2) is 0 Å². The SMILES string of the molecule is CNCC(NC(=O)OCC1c2ccccc2-c2ccccc21)C(=O)OC. The summed E-state index contributed by atoms with van der Waals surface area (Å²) in [5.41, 5.74) is 4.61. The number of rotatable bonds is 6. The smallest absolute Gasteiger partial charge is 0.407 e. The van der Waals surface area contributed by atoms with Crippen molar-refractivity contribution in [3.05, 3.63) is 59.7 Å². The monoisotopic (exact) mass is 354 g/mol. The van der Waals surface area contributed by atoms with E-state index in [2.05, 4.69) is 39.6 Å². The van der Waals surface area contributed by atoms with E-state index in [-0.39, 0.29) is 19.1 Å². The summed E-state index contributed by atoms with van der Waals surface area (Å²) in [5.74, 6) is -0.540. The van der Waals surface area contributed by atoms with Crippen LogP contribution in [0.3, 0.4) is 0 Å². The third kappa shape index (κ3) is 3.55. The Morgan fingerprint density at radius 3 is 2.15 bits per heavy atom. The van der Waals surface area contributed by atoms with Gasteiger partial charge in [-0.05, 0) is 29.3 Å². The van der Waals surface area contributed by atoms with E-state index in [1.807, 2.05) is 24.3 Å². The fourth-order valence-electron chi connectivity index (χ4n) is 3.32. The van der Waals surface area contributed by atoms with Crippen molar-refractivity contribution < 1.29 is 19.1 Å². The Kier molecular flexibility index (Phi) is 5.53. The summed E-state index contributed by atoms with van der Waals surface area (Å²) in [6.45, 7) is 0.462. The summed E-state index contributed by atoms with van der Waals surface area (Å²) >= 11 is 0. The standard InChI is InChI=1S/C20H22N2O4/c1-21-11-18(19(23)25-2)22-20(24)26-12-17-15-9-5-3-7-13(15)14-8-4-6-10-16(14)17/h3-10,17-18,21H,11-12H2,1-2H3,(H,22,24). The van der Waals surface area contributed by atoms with Gasteiger partial charge in [0.1, 0.15) is 12.6 Å². The van der Waals surface area contributed by atoms with Crippen LogP contribution >= 0.6 is 0 Å². The van der Waals surface area contributed by atoms with E-state index in [4.69, 9.17) is 4.74 Å². The molecule has 1 amide bonds. The first-order valence-corrected chi connectivity index (χ1v) is 8.49. The predicted molar refractivity (Wildman–Crippen MR) is 97.9 cm³/mol. The Morgan fingerprint density at radius 2 is 1.62 bits per heavy atom. The first-order valence-electron chi connectivity index (χ1n) is 8.49. The lowest BCUT2D eigenvalue weighted by molar-refractivity contribution is -0.142. The molecule has 1 aliphatic rings. The Labute approximate surface area is 152 Å². The molecule has 0 radical (unpaired) electrons. The first-order chi connectivity index (χ1) is 12.7. The third-order valence-corrected chi connectivity index (χ3v) is 4.53. The van der Waals surface area contributed by atoms with Crippen molar-refractivity contribution in [3.63, 3.8) is 0 Å². The minimum absolute atomic E-state index is 0.0194. The minimum Gasteiger partial charge on any atom is -0.467 e. The van der Waals surface area contributed by atoms with Gasteiger partial charge in [-0.3, -0.25) is 0 Å². The largest absolute Gasteiger partial charge is 0.467 e. The number of alkyl carbamates (subject to hydrolysis) is 1. The lowest BCUT2D eigenvalue weighted by Crippen LogP contribution is -2.47. The second-order valence-electron chi connectivity index (χ2n) is 6.10. The molecule has 0 bridgehead atoms. The Balaban J connectivity index is 1.70. The fourth-order valence-corrected chi connectivity index (χ4v) is 3.32. The number of amides is 1. The van der Waals surface area contributed by atoms with E-state index >= 15 is 0 Å². The maximum Gasteiger partial charge on any atom is 0.407 e. The lowest BCUT2D eigenvalue weighted by Gasteiger charge is -2.18. The van der Waals surface area contributed by atoms with Crippen molar-refractivity contribution in [2.24, 2.45) is 0 Å². The van der Waals surface area contributed by atoms with Gasteiger partial charge >= 0.3 is 12.1 Å². The molecule has 1 unspecified atom stereocenters. The molecule has 136 valence electrons. The van der Waals surface area contributed by atoms with Crippen molar-refractivity contribution in [2.45, 2.75) is 12.0 Å². The summed E-state index contributed by atoms with van der Waals surface area (Å²) < 4.78 is 10.1. The number of hydrogen-bond donors (Lipinski definition) is 2. The van der Waals surface area contributed by atoms with Gasteiger partial charge in [-0.15, -0.1) is 0 Å². The summed E-state index contributed by atoms with van der Waals surface area (Å²) in [7, 11) is 2.97. The highest BCUT2D eigenvalue weighted by Gasteiger charge is 2.29. The van der Waals surface area contributed by atoms with Crippen LogP contribution in [-0.2, 0) is 14.3 Å². The van der Waals surface area contributed by atoms with Crippen LogP contribution in [0.5, 0.6) is 0 Å². The third-order valence-electron chi connectivity index (χ3n) is 4.53. The fraction of sp³-hybridized carbons (Fsp3) is 0.300. The van der Waals surface area contributed by atoms with E-state index < -0.39 is 18.1 Å². The van der Waals surface area contributed by atoms with Crippen LogP contribution in [0.1, 0.15) is 17.0 Å². The second kappa shape index (κ2) is 8.01. The first kappa shape index (κ1) is 17.9. The molecule has 6 heteroatoms. The van der Waals surface area contributed by atoms with Gasteiger partial charge in [0, 0.05) is 12.5 Å². The van der Waals surface area contributed by atoms with Crippen molar-refractivity contribution in [1.82, 2.24) is 10.6 Å². The van der Waals surface area contributed by atoms with E-state index in [0.29, 0.717) is 0 Å². The molecule has 0 spiro atoms. The molecule has 0 heterocycles. The molecule has 0 aromatic heterocycles. The van der Waals surface area contributed by atoms with Crippen molar-refractivity contribution >= 4 is 12.1 Å². The van der Waals surface area contributed by atoms with Crippen LogP contribution in [0, 0.1) is 0 Å². The van der Waals surface area contributed by atoms with Crippen molar-refractivity contribution in [3.8, 4) is 11.1 Å². The maximum absolute atomic E-state index is 12.2. The molecule has 6 nitrogen and oxygen atoms in total. The number of fused-ring (bicyclic) bond motifs is 3. The molecule has 1 atom stereocenters. The van der Waals surface area contributed by atoms with Crippen molar-refractivity contribution in [2.75, 3.05) is 27.3 Å². The van der Waals surface area contributed by atoms with Crippen LogP contribution in [0.25, 0.3) is 11.1 Å². The van der Waals surface area contributed by atoms with E-state index in [9.17, 15) is 9.59 Å². The highest BCUT2D eigenvalue weighted by atomic mass is 16.6. The molecule has 0 fully saturated rings. The average molecular weight is 354 g/mol. The van der Waals surface area contributed by atoms with Gasteiger partial charge in [0.2, 0.25) is 0 Å². The Hall–Kier alpha value is -2.86. The normalized spacial score (nSPS) is 13.5. The zero-order valence-corrected chi connectivity index (χ0v) is 14.8. The summed E-state index contributed by atoms with van der Waals surface area (Å²) in [6, 6.07) is 15.5. The number of methoxy groups -OCH3 is 1. The summed E-state index contributed by atoms with van der Waals surface area (Å²) in [4.78, 5) is 23.9. The molecule has 26 heavy (non-hydrogen) atoms. The topological polar surface area (TPSA) is 76.7 Å². The van der Waals surface area contributed by atoms with Crippen LogP contribution in [0.2, 0.25) is 0 Å². The molecular weight excluding hydrogens is 332 g/mol. The molecule has 0 saturated heterocycles. The van der Waals surface area contributed by atoms with Crippen LogP contribution in [0.15, 0.2) is 48.5 Å². The van der Waals surface area contributed by atoms with Crippen LogP contribution < -0.4 is 10.6 Å². The van der Waals surface area contributed by atoms with Gasteiger partial charge in [0.25, 0.3) is 0 Å². The second-order valence-corrected chi connectivity index (χ2v) is 6.10. The molecule has 2 N–H and O–H groups in total. The highest BCUT2D eigenvalue weighted by molar-refractivity contribution is 5.82. The number of carbonyl (C=O) groups is 2. The molecular formula is C20H22N2O4. The number of hydrogen-bond acceptors (Lipinski definition) is 5. The molecule has 0 aliphatic heterocycles. The Bertz CT molecular complexity index is 760. The van der Waals surface area contributed by atoms with Crippen LogP contribution in [0.4, 0.5) is 4.79 Å². The van der Waals surface area contributed by atoms with E-state index in [1.54, 1.807) is 7.05 Å². The zero-order valence-electron chi connectivity index (χ0n) is 14.8. The van der Waals surface area contributed by atoms with Crippen molar-refractivity contribution in [1.29, 1.82) is 0 Å². The number of carbonyl (C=O) groups excluding carboxylic acids is 2. The highest BCUT2D eigenvalue weighted by Crippen LogP contribution is 2.44. The zero-order chi connectivity index (χ0) is 18.5. The maximum atomic E-state index is 12.2. The van der Waals surface area contributed by atoms with E-state index in [1.165, 1.54) is 18.2 Å². The van der Waals surface area contributed by atoms with Gasteiger partial charge < -0.3 is 20.1 Å². The number of ether oxygens (including phenoxy) is 2. The molecule has 2 aromatic carbocycles. The summed E-state index contributed by atoms with van der Waals surface area (Å²) in [5, 5.41) is 5.38. The van der Waals surface area contributed by atoms with E-state index in [0.717, 1.165) is 11.1 Å². The number of nitrogens with one attached hydrogen (secondary N) is 2. The molecule has 0 saturated carbocycles. The van der Waals surface area contributed by atoms with Gasteiger partial charge in [-0.2, -0.15) is 0 Å². The molecule has 1 aliphatic carbocycles. The predicted octanol–water partition coefficient (Wildman–Crippen LogP) is 2.29. The number of esters is 1. The van der Waals surface area contributed by atoms with Gasteiger partial charge in [-0.25, -0.2) is 9.59 Å². The molecule has 3 rings (SSSR count). The number of benzene rings is 2.